The second-order valence-corrected chi connectivity index (χ2v) is 2.56. The van der Waals surface area contributed by atoms with Gasteiger partial charge < -0.3 is 5.11 Å². The number of halogens is 1. The average molecular weight is 200 g/mol. The highest BCUT2D eigenvalue weighted by Crippen LogP contribution is 2.15. The van der Waals surface area contributed by atoms with Crippen LogP contribution in [0.15, 0.2) is 30.3 Å². The fraction of sp³-hybridized carbons (Fsp3) is 0. The molecular weight excluding hydrogens is 194 g/mol. The summed E-state index contributed by atoms with van der Waals surface area (Å²) in [6.45, 7) is 0. The van der Waals surface area contributed by atoms with Crippen molar-refractivity contribution in [1.82, 2.24) is 0 Å². The van der Waals surface area contributed by atoms with E-state index in [4.69, 9.17) is 16.9 Å². The number of para-hydroxylation sites is 1. The maximum Gasteiger partial charge on any atom is 0.396 e. The van der Waals surface area contributed by atoms with Crippen molar-refractivity contribution in [3.05, 3.63) is 30.3 Å². The van der Waals surface area contributed by atoms with E-state index >= 15 is 0 Å². The van der Waals surface area contributed by atoms with Gasteiger partial charge in [0.05, 0.1) is 5.69 Å². The SMILES string of the molecule is O=C(O)C(=O)N(Cl)c1ccccc1. The Labute approximate surface area is 79.5 Å². The van der Waals surface area contributed by atoms with Crippen LogP contribution in [0.4, 0.5) is 5.69 Å². The molecule has 0 saturated heterocycles. The Morgan fingerprint density at radius 2 is 1.77 bits per heavy atom. The summed E-state index contributed by atoms with van der Waals surface area (Å²) >= 11 is 5.45. The maximum atomic E-state index is 10.8. The lowest BCUT2D eigenvalue weighted by molar-refractivity contribution is -0.148. The normalized spacial score (nSPS) is 9.31. The largest absolute Gasteiger partial charge is 0.474 e. The number of anilines is 1. The molecule has 0 aromatic heterocycles. The molecule has 0 unspecified atom stereocenters. The molecule has 1 rings (SSSR count). The zero-order chi connectivity index (χ0) is 9.84. The molecule has 0 heterocycles. The van der Waals surface area contributed by atoms with Gasteiger partial charge in [-0.2, -0.15) is 0 Å². The first-order valence-electron chi connectivity index (χ1n) is 3.41. The van der Waals surface area contributed by atoms with Gasteiger partial charge in [0.15, 0.2) is 0 Å². The van der Waals surface area contributed by atoms with Gasteiger partial charge in [-0.3, -0.25) is 4.79 Å². The Morgan fingerprint density at radius 1 is 1.23 bits per heavy atom. The molecular formula is C8H6ClNO3. The summed E-state index contributed by atoms with van der Waals surface area (Å²) < 4.78 is 0.558. The third kappa shape index (κ3) is 2.19. The van der Waals surface area contributed by atoms with E-state index in [0.29, 0.717) is 10.1 Å². The van der Waals surface area contributed by atoms with Crippen molar-refractivity contribution in [2.24, 2.45) is 0 Å². The number of carboxylic acid groups (broad SMARTS) is 1. The minimum Gasteiger partial charge on any atom is -0.474 e. The minimum absolute atomic E-state index is 0.330. The number of aliphatic carboxylic acids is 1. The van der Waals surface area contributed by atoms with Crippen LogP contribution in [0.3, 0.4) is 0 Å². The number of amides is 1. The lowest BCUT2D eigenvalue weighted by Gasteiger charge is -2.09. The lowest BCUT2D eigenvalue weighted by Crippen LogP contribution is -2.28. The number of nitrogens with zero attached hydrogens (tertiary/aromatic N) is 1. The molecule has 4 nitrogen and oxygen atoms in total. The van der Waals surface area contributed by atoms with Crippen LogP contribution in [0.1, 0.15) is 0 Å². The first-order chi connectivity index (χ1) is 6.13. The summed E-state index contributed by atoms with van der Waals surface area (Å²) in [5.74, 6) is -2.76. The summed E-state index contributed by atoms with van der Waals surface area (Å²) in [6.07, 6.45) is 0. The van der Waals surface area contributed by atoms with Crippen molar-refractivity contribution in [3.63, 3.8) is 0 Å². The van der Waals surface area contributed by atoms with Crippen molar-refractivity contribution >= 4 is 29.3 Å². The van der Waals surface area contributed by atoms with Gasteiger partial charge in [0.25, 0.3) is 0 Å². The molecule has 0 aliphatic heterocycles. The number of rotatable bonds is 1. The van der Waals surface area contributed by atoms with Gasteiger partial charge in [-0.25, -0.2) is 9.21 Å². The second-order valence-electron chi connectivity index (χ2n) is 2.23. The number of hydrogen-bond donors (Lipinski definition) is 1. The second kappa shape index (κ2) is 3.91. The van der Waals surface area contributed by atoms with Gasteiger partial charge in [0.2, 0.25) is 0 Å². The molecule has 0 radical (unpaired) electrons. The molecule has 0 aliphatic carbocycles. The van der Waals surface area contributed by atoms with Crippen molar-refractivity contribution in [2.45, 2.75) is 0 Å². The van der Waals surface area contributed by atoms with Crippen LogP contribution in [-0.2, 0) is 9.59 Å². The number of carbonyl (C=O) groups excluding carboxylic acids is 1. The van der Waals surface area contributed by atoms with Crippen LogP contribution >= 0.6 is 11.8 Å². The number of carboxylic acids is 1. The maximum absolute atomic E-state index is 10.8. The summed E-state index contributed by atoms with van der Waals surface area (Å²) in [5, 5.41) is 8.34. The molecule has 0 atom stereocenters. The Balaban J connectivity index is 2.86. The standard InChI is InChI=1S/C8H6ClNO3/c9-10(7(11)8(12)13)6-4-2-1-3-5-6/h1-5H,(H,12,13). The Kier molecular flexibility index (Phi) is 2.87. The van der Waals surface area contributed by atoms with Crippen molar-refractivity contribution in [3.8, 4) is 0 Å². The number of carbonyl (C=O) groups is 2. The Bertz CT molecular complexity index is 325. The molecule has 0 saturated carbocycles. The van der Waals surface area contributed by atoms with Crippen LogP contribution in [0.25, 0.3) is 0 Å². The van der Waals surface area contributed by atoms with E-state index < -0.39 is 11.9 Å². The van der Waals surface area contributed by atoms with Gasteiger partial charge >= 0.3 is 11.9 Å². The number of benzene rings is 1. The van der Waals surface area contributed by atoms with Crippen molar-refractivity contribution in [1.29, 1.82) is 0 Å². The molecule has 68 valence electrons. The Hall–Kier alpha value is -1.55. The Morgan fingerprint density at radius 3 is 2.23 bits per heavy atom. The van der Waals surface area contributed by atoms with E-state index in [1.165, 1.54) is 12.1 Å². The van der Waals surface area contributed by atoms with E-state index in [2.05, 4.69) is 0 Å². The van der Waals surface area contributed by atoms with E-state index in [1.54, 1.807) is 18.2 Å². The topological polar surface area (TPSA) is 57.6 Å². The van der Waals surface area contributed by atoms with E-state index in [1.807, 2.05) is 0 Å². The highest BCUT2D eigenvalue weighted by Gasteiger charge is 2.20. The molecule has 0 bridgehead atoms. The third-order valence-electron chi connectivity index (χ3n) is 1.34. The van der Waals surface area contributed by atoms with Crippen LogP contribution in [0.2, 0.25) is 0 Å². The van der Waals surface area contributed by atoms with E-state index in [0.717, 1.165) is 0 Å². The van der Waals surface area contributed by atoms with Crippen LogP contribution in [-0.4, -0.2) is 17.0 Å². The smallest absolute Gasteiger partial charge is 0.396 e. The fourth-order valence-corrected chi connectivity index (χ4v) is 0.945. The van der Waals surface area contributed by atoms with Gasteiger partial charge in [-0.05, 0) is 12.1 Å². The molecule has 1 amide bonds. The fourth-order valence-electron chi connectivity index (χ4n) is 0.760. The molecule has 0 aliphatic rings. The van der Waals surface area contributed by atoms with Crippen molar-refractivity contribution < 1.29 is 14.7 Å². The predicted octanol–water partition coefficient (Wildman–Crippen LogP) is 1.26. The van der Waals surface area contributed by atoms with Crippen molar-refractivity contribution in [2.75, 3.05) is 4.42 Å². The van der Waals surface area contributed by atoms with Crippen LogP contribution in [0, 0.1) is 0 Å². The molecule has 13 heavy (non-hydrogen) atoms. The lowest BCUT2D eigenvalue weighted by atomic mass is 10.3. The quantitative estimate of drug-likeness (QED) is 0.547. The zero-order valence-corrected chi connectivity index (χ0v) is 7.23. The highest BCUT2D eigenvalue weighted by atomic mass is 35.5. The summed E-state index contributed by atoms with van der Waals surface area (Å²) in [5.41, 5.74) is 0.330. The van der Waals surface area contributed by atoms with Gasteiger partial charge in [0.1, 0.15) is 0 Å². The zero-order valence-electron chi connectivity index (χ0n) is 6.48. The van der Waals surface area contributed by atoms with Gasteiger partial charge in [0, 0.05) is 11.8 Å². The molecule has 1 aromatic rings. The average Bonchev–Trinajstić information content (AvgIpc) is 2.17. The predicted molar refractivity (Wildman–Crippen MR) is 47.4 cm³/mol. The molecule has 1 aromatic carbocycles. The monoisotopic (exact) mass is 199 g/mol. The molecule has 5 heteroatoms. The summed E-state index contributed by atoms with van der Waals surface area (Å²) in [7, 11) is 0. The van der Waals surface area contributed by atoms with Crippen LogP contribution < -0.4 is 4.42 Å². The first kappa shape index (κ1) is 9.54. The number of hydrogen-bond acceptors (Lipinski definition) is 2. The van der Waals surface area contributed by atoms with Crippen LogP contribution in [0.5, 0.6) is 0 Å². The van der Waals surface area contributed by atoms with Gasteiger partial charge in [-0.1, -0.05) is 18.2 Å². The minimum atomic E-state index is -1.58. The molecule has 0 fully saturated rings. The molecule has 1 N–H and O–H groups in total. The van der Waals surface area contributed by atoms with Gasteiger partial charge in [-0.15, -0.1) is 0 Å². The first-order valence-corrected chi connectivity index (χ1v) is 3.75. The van der Waals surface area contributed by atoms with E-state index in [9.17, 15) is 9.59 Å². The molecule has 0 spiro atoms. The summed E-state index contributed by atoms with van der Waals surface area (Å²) in [6, 6.07) is 8.11. The highest BCUT2D eigenvalue weighted by molar-refractivity contribution is 6.50. The summed E-state index contributed by atoms with van der Waals surface area (Å²) in [4.78, 5) is 21.1. The van der Waals surface area contributed by atoms with E-state index in [-0.39, 0.29) is 0 Å². The third-order valence-corrected chi connectivity index (χ3v) is 1.69.